The van der Waals surface area contributed by atoms with E-state index in [1.807, 2.05) is 48.1 Å². The summed E-state index contributed by atoms with van der Waals surface area (Å²) in [7, 11) is 1.91. The van der Waals surface area contributed by atoms with Gasteiger partial charge in [0.15, 0.2) is 0 Å². The van der Waals surface area contributed by atoms with Gasteiger partial charge in [0.1, 0.15) is 17.2 Å². The van der Waals surface area contributed by atoms with Gasteiger partial charge in [-0.25, -0.2) is 9.07 Å². The Bertz CT molecular complexity index is 1100. The van der Waals surface area contributed by atoms with Crippen LogP contribution in [0, 0.1) is 5.82 Å². The molecular formula is C21H18FN5O. The molecule has 4 aromatic rings. The Labute approximate surface area is 161 Å². The van der Waals surface area contributed by atoms with E-state index in [9.17, 15) is 9.18 Å². The van der Waals surface area contributed by atoms with Gasteiger partial charge in [-0.05, 0) is 54.6 Å². The van der Waals surface area contributed by atoms with Crippen LogP contribution in [0.25, 0.3) is 17.1 Å². The second kappa shape index (κ2) is 7.48. The zero-order chi connectivity index (χ0) is 19.5. The van der Waals surface area contributed by atoms with Gasteiger partial charge >= 0.3 is 0 Å². The number of nitrogens with one attached hydrogen (secondary N) is 1. The number of carbonyl (C=O) groups excluding carboxylic acids is 1. The Hall–Kier alpha value is -3.74. The SMILES string of the molecule is Cn1cccc1-c1cc(C(=O)NCc2ccccn2)n(-c2ccc(F)cc2)n1. The number of benzene rings is 1. The van der Waals surface area contributed by atoms with E-state index in [1.165, 1.54) is 16.8 Å². The zero-order valence-electron chi connectivity index (χ0n) is 15.2. The number of rotatable bonds is 5. The van der Waals surface area contributed by atoms with Gasteiger partial charge in [-0.1, -0.05) is 6.07 Å². The number of hydrogen-bond donors (Lipinski definition) is 1. The largest absolute Gasteiger partial charge is 0.349 e. The van der Waals surface area contributed by atoms with Gasteiger partial charge < -0.3 is 9.88 Å². The number of aryl methyl sites for hydroxylation is 1. The van der Waals surface area contributed by atoms with Crippen LogP contribution in [0.4, 0.5) is 4.39 Å². The summed E-state index contributed by atoms with van der Waals surface area (Å²) in [4.78, 5) is 17.1. The number of nitrogens with zero attached hydrogens (tertiary/aromatic N) is 4. The van der Waals surface area contributed by atoms with Crippen molar-refractivity contribution in [1.29, 1.82) is 0 Å². The second-order valence-corrected chi connectivity index (χ2v) is 6.31. The zero-order valence-corrected chi connectivity index (χ0v) is 15.2. The topological polar surface area (TPSA) is 64.7 Å². The van der Waals surface area contributed by atoms with Crippen molar-refractivity contribution in [3.05, 3.63) is 90.3 Å². The van der Waals surface area contributed by atoms with E-state index in [4.69, 9.17) is 0 Å². The van der Waals surface area contributed by atoms with Gasteiger partial charge in [0.25, 0.3) is 5.91 Å². The Kier molecular flexibility index (Phi) is 4.72. The monoisotopic (exact) mass is 375 g/mol. The summed E-state index contributed by atoms with van der Waals surface area (Å²) in [6, 6.07) is 17.0. The molecule has 0 atom stereocenters. The molecule has 0 bridgehead atoms. The van der Waals surface area contributed by atoms with Crippen LogP contribution in [0.1, 0.15) is 16.2 Å². The Morgan fingerprint density at radius 2 is 1.93 bits per heavy atom. The van der Waals surface area contributed by atoms with Crippen molar-refractivity contribution in [2.75, 3.05) is 0 Å². The highest BCUT2D eigenvalue weighted by atomic mass is 19.1. The minimum Gasteiger partial charge on any atom is -0.349 e. The van der Waals surface area contributed by atoms with Crippen molar-refractivity contribution < 1.29 is 9.18 Å². The van der Waals surface area contributed by atoms with E-state index < -0.39 is 0 Å². The first-order valence-corrected chi connectivity index (χ1v) is 8.77. The van der Waals surface area contributed by atoms with E-state index >= 15 is 0 Å². The Morgan fingerprint density at radius 1 is 1.11 bits per heavy atom. The lowest BCUT2D eigenvalue weighted by atomic mass is 10.2. The summed E-state index contributed by atoms with van der Waals surface area (Å²) < 4.78 is 16.8. The molecular weight excluding hydrogens is 357 g/mol. The molecule has 0 unspecified atom stereocenters. The first-order chi connectivity index (χ1) is 13.6. The second-order valence-electron chi connectivity index (χ2n) is 6.31. The highest BCUT2D eigenvalue weighted by Crippen LogP contribution is 2.22. The molecule has 0 radical (unpaired) electrons. The summed E-state index contributed by atoms with van der Waals surface area (Å²) >= 11 is 0. The maximum atomic E-state index is 13.3. The molecule has 0 aliphatic rings. The fraction of sp³-hybridized carbons (Fsp3) is 0.0952. The fourth-order valence-electron chi connectivity index (χ4n) is 2.94. The van der Waals surface area contributed by atoms with Crippen molar-refractivity contribution in [3.8, 4) is 17.1 Å². The van der Waals surface area contributed by atoms with E-state index in [-0.39, 0.29) is 11.7 Å². The van der Waals surface area contributed by atoms with E-state index in [1.54, 1.807) is 24.4 Å². The van der Waals surface area contributed by atoms with Gasteiger partial charge in [0, 0.05) is 19.4 Å². The number of pyridine rings is 1. The van der Waals surface area contributed by atoms with Gasteiger partial charge in [-0.2, -0.15) is 5.10 Å². The summed E-state index contributed by atoms with van der Waals surface area (Å²) in [6.45, 7) is 0.299. The summed E-state index contributed by atoms with van der Waals surface area (Å²) in [5.41, 5.74) is 3.24. The molecule has 0 aliphatic carbocycles. The van der Waals surface area contributed by atoms with Crippen molar-refractivity contribution in [2.24, 2.45) is 7.05 Å². The molecule has 3 heterocycles. The normalized spacial score (nSPS) is 10.8. The minimum atomic E-state index is -0.347. The number of aromatic nitrogens is 4. The van der Waals surface area contributed by atoms with Gasteiger partial charge in [-0.3, -0.25) is 9.78 Å². The van der Waals surface area contributed by atoms with Crippen LogP contribution in [0.5, 0.6) is 0 Å². The minimum absolute atomic E-state index is 0.289. The molecule has 28 heavy (non-hydrogen) atoms. The third kappa shape index (κ3) is 3.55. The van der Waals surface area contributed by atoms with E-state index in [2.05, 4.69) is 15.4 Å². The van der Waals surface area contributed by atoms with E-state index in [0.29, 0.717) is 23.6 Å². The Balaban J connectivity index is 1.69. The summed E-state index contributed by atoms with van der Waals surface area (Å²) in [5, 5.41) is 7.45. The van der Waals surface area contributed by atoms with Gasteiger partial charge in [-0.15, -0.1) is 0 Å². The average molecular weight is 375 g/mol. The van der Waals surface area contributed by atoms with Crippen molar-refractivity contribution in [2.45, 2.75) is 6.54 Å². The van der Waals surface area contributed by atoms with Gasteiger partial charge in [0.2, 0.25) is 0 Å². The lowest BCUT2D eigenvalue weighted by Crippen LogP contribution is -2.25. The highest BCUT2D eigenvalue weighted by Gasteiger charge is 2.18. The smallest absolute Gasteiger partial charge is 0.270 e. The predicted molar refractivity (Wildman–Crippen MR) is 103 cm³/mol. The Morgan fingerprint density at radius 3 is 2.61 bits per heavy atom. The van der Waals surface area contributed by atoms with Crippen molar-refractivity contribution in [1.82, 2.24) is 24.6 Å². The van der Waals surface area contributed by atoms with Crippen LogP contribution in [0.2, 0.25) is 0 Å². The third-order valence-corrected chi connectivity index (χ3v) is 4.38. The maximum absolute atomic E-state index is 13.3. The summed E-state index contributed by atoms with van der Waals surface area (Å²) in [5.74, 6) is -0.636. The molecule has 3 aromatic heterocycles. The molecule has 0 spiro atoms. The molecule has 7 heteroatoms. The van der Waals surface area contributed by atoms with Crippen LogP contribution in [-0.4, -0.2) is 25.2 Å². The molecule has 0 fully saturated rings. The third-order valence-electron chi connectivity index (χ3n) is 4.38. The average Bonchev–Trinajstić information content (AvgIpc) is 3.34. The molecule has 0 saturated carbocycles. The molecule has 4 rings (SSSR count). The maximum Gasteiger partial charge on any atom is 0.270 e. The van der Waals surface area contributed by atoms with Crippen LogP contribution < -0.4 is 5.32 Å². The fourth-order valence-corrected chi connectivity index (χ4v) is 2.94. The lowest BCUT2D eigenvalue weighted by molar-refractivity contribution is 0.0942. The molecule has 0 saturated heterocycles. The first-order valence-electron chi connectivity index (χ1n) is 8.77. The lowest BCUT2D eigenvalue weighted by Gasteiger charge is -2.08. The van der Waals surface area contributed by atoms with Crippen molar-refractivity contribution in [3.63, 3.8) is 0 Å². The predicted octanol–water partition coefficient (Wildman–Crippen LogP) is 3.34. The summed E-state index contributed by atoms with van der Waals surface area (Å²) in [6.07, 6.45) is 3.59. The quantitative estimate of drug-likeness (QED) is 0.582. The molecule has 1 N–H and O–H groups in total. The van der Waals surface area contributed by atoms with Crippen LogP contribution in [0.3, 0.4) is 0 Å². The highest BCUT2D eigenvalue weighted by molar-refractivity contribution is 5.94. The first kappa shape index (κ1) is 17.7. The number of carbonyl (C=O) groups is 1. The molecule has 0 aliphatic heterocycles. The van der Waals surface area contributed by atoms with Crippen LogP contribution in [-0.2, 0) is 13.6 Å². The van der Waals surface area contributed by atoms with E-state index in [0.717, 1.165) is 11.4 Å². The molecule has 1 aromatic carbocycles. The van der Waals surface area contributed by atoms with Crippen LogP contribution in [0.15, 0.2) is 73.1 Å². The van der Waals surface area contributed by atoms with Crippen molar-refractivity contribution >= 4 is 5.91 Å². The number of amides is 1. The molecule has 1 amide bonds. The molecule has 6 nitrogen and oxygen atoms in total. The van der Waals surface area contributed by atoms with Gasteiger partial charge in [0.05, 0.1) is 23.6 Å². The standard InChI is InChI=1S/C21H18FN5O/c1-26-12-4-6-19(26)18-13-20(21(28)24-14-16-5-2-3-11-23-16)27(25-18)17-9-7-15(22)8-10-17/h2-13H,14H2,1H3,(H,24,28). The number of halogens is 1. The molecule has 140 valence electrons. The van der Waals surface area contributed by atoms with Crippen LogP contribution >= 0.6 is 0 Å². The number of hydrogen-bond acceptors (Lipinski definition) is 3.